The fraction of sp³-hybridized carbons (Fsp3) is 0.500. The Morgan fingerprint density at radius 1 is 1.36 bits per heavy atom. The van der Waals surface area contributed by atoms with Gasteiger partial charge < -0.3 is 4.79 Å². The van der Waals surface area contributed by atoms with Crippen molar-refractivity contribution in [2.24, 2.45) is 5.92 Å². The van der Waals surface area contributed by atoms with E-state index >= 15 is 0 Å². The largest absolute Gasteiger partial charge is 0.300 e. The number of hydrogen-bond donors (Lipinski definition) is 0. The molecular weight excluding hydrogens is 272 g/mol. The van der Waals surface area contributed by atoms with E-state index in [1.807, 2.05) is 6.08 Å². The Hall–Kier alpha value is -1.70. The van der Waals surface area contributed by atoms with Gasteiger partial charge in [0.2, 0.25) is 0 Å². The molecule has 2 heteroatoms. The first-order valence-electron chi connectivity index (χ1n) is 8.41. The molecule has 0 aliphatic heterocycles. The Kier molecular flexibility index (Phi) is 4.28. The molecule has 0 heterocycles. The summed E-state index contributed by atoms with van der Waals surface area (Å²) in [5.41, 5.74) is 6.22. The van der Waals surface area contributed by atoms with Crippen molar-refractivity contribution >= 4 is 11.6 Å². The quantitative estimate of drug-likeness (QED) is 0.693. The first-order chi connectivity index (χ1) is 10.6. The number of carbonyl (C=O) groups is 2. The van der Waals surface area contributed by atoms with Crippen LogP contribution in [0.4, 0.5) is 0 Å². The zero-order chi connectivity index (χ0) is 15.7. The molecule has 0 amide bonds. The van der Waals surface area contributed by atoms with Crippen LogP contribution in [0, 0.1) is 5.92 Å². The first kappa shape index (κ1) is 15.2. The van der Waals surface area contributed by atoms with Crippen LogP contribution in [0.5, 0.6) is 0 Å². The van der Waals surface area contributed by atoms with E-state index in [1.165, 1.54) is 29.6 Å². The predicted molar refractivity (Wildman–Crippen MR) is 88.4 cm³/mol. The highest BCUT2D eigenvalue weighted by Gasteiger charge is 2.37. The van der Waals surface area contributed by atoms with Crippen LogP contribution in [0.1, 0.15) is 58.3 Å². The molecule has 0 radical (unpaired) electrons. The molecule has 3 aliphatic carbocycles. The summed E-state index contributed by atoms with van der Waals surface area (Å²) in [6.07, 6.45) is 11.6. The molecule has 1 atom stereocenters. The van der Waals surface area contributed by atoms with Crippen molar-refractivity contribution in [3.8, 4) is 0 Å². The van der Waals surface area contributed by atoms with E-state index in [9.17, 15) is 9.59 Å². The van der Waals surface area contributed by atoms with E-state index in [-0.39, 0.29) is 17.5 Å². The monoisotopic (exact) mass is 296 g/mol. The van der Waals surface area contributed by atoms with Gasteiger partial charge in [-0.2, -0.15) is 0 Å². The summed E-state index contributed by atoms with van der Waals surface area (Å²) in [7, 11) is 0. The molecule has 0 aromatic carbocycles. The summed E-state index contributed by atoms with van der Waals surface area (Å²) in [6.45, 7) is 5.43. The second-order valence-corrected chi connectivity index (χ2v) is 6.73. The highest BCUT2D eigenvalue weighted by Crippen LogP contribution is 2.46. The number of fused-ring (bicyclic) bond motifs is 1. The van der Waals surface area contributed by atoms with Gasteiger partial charge in [0.05, 0.1) is 0 Å². The van der Waals surface area contributed by atoms with Gasteiger partial charge in [0, 0.05) is 17.9 Å². The van der Waals surface area contributed by atoms with Crippen molar-refractivity contribution in [2.45, 2.75) is 58.3 Å². The molecule has 0 fully saturated rings. The van der Waals surface area contributed by atoms with Gasteiger partial charge in [-0.15, -0.1) is 6.58 Å². The Bertz CT molecular complexity index is 628. The number of carbonyl (C=O) groups excluding carboxylic acids is 2. The van der Waals surface area contributed by atoms with Crippen molar-refractivity contribution < 1.29 is 9.59 Å². The Labute approximate surface area is 132 Å². The lowest BCUT2D eigenvalue weighted by Crippen LogP contribution is -2.23. The van der Waals surface area contributed by atoms with Crippen molar-refractivity contribution in [3.63, 3.8) is 0 Å². The van der Waals surface area contributed by atoms with E-state index in [2.05, 4.69) is 12.7 Å². The molecule has 0 N–H and O–H groups in total. The zero-order valence-electron chi connectivity index (χ0n) is 13.4. The van der Waals surface area contributed by atoms with Crippen molar-refractivity contribution in [1.29, 1.82) is 0 Å². The molecule has 0 spiro atoms. The SMILES string of the molecule is C=CCC1C(=O)C2=C(C=C1CCC(C)=O)CC1=C2CCCC1. The predicted octanol–water partition coefficient (Wildman–Crippen LogP) is 4.63. The summed E-state index contributed by atoms with van der Waals surface area (Å²) in [5.74, 6) is 0.376. The van der Waals surface area contributed by atoms with Gasteiger partial charge in [0.15, 0.2) is 5.78 Å². The minimum absolute atomic E-state index is 0.0932. The van der Waals surface area contributed by atoms with Gasteiger partial charge in [-0.05, 0) is 63.0 Å². The number of Topliss-reactive ketones (excluding diaryl/α,β-unsaturated/α-hetero) is 2. The molecule has 22 heavy (non-hydrogen) atoms. The topological polar surface area (TPSA) is 34.1 Å². The summed E-state index contributed by atoms with van der Waals surface area (Å²) in [4.78, 5) is 24.4. The molecule has 0 saturated carbocycles. The number of hydrogen-bond acceptors (Lipinski definition) is 2. The van der Waals surface area contributed by atoms with Crippen LogP contribution in [0.2, 0.25) is 0 Å². The summed E-state index contributed by atoms with van der Waals surface area (Å²) in [5, 5.41) is 0. The average Bonchev–Trinajstić information content (AvgIpc) is 2.86. The molecule has 1 unspecified atom stereocenters. The lowest BCUT2D eigenvalue weighted by molar-refractivity contribution is -0.119. The lowest BCUT2D eigenvalue weighted by Gasteiger charge is -2.25. The molecule has 116 valence electrons. The van der Waals surface area contributed by atoms with Crippen LogP contribution in [-0.2, 0) is 9.59 Å². The second kappa shape index (κ2) is 6.20. The molecular formula is C20H24O2. The van der Waals surface area contributed by atoms with Crippen LogP contribution >= 0.6 is 0 Å². The molecule has 3 aliphatic rings. The van der Waals surface area contributed by atoms with E-state index in [4.69, 9.17) is 0 Å². The molecule has 2 nitrogen and oxygen atoms in total. The van der Waals surface area contributed by atoms with Gasteiger partial charge in [0.1, 0.15) is 5.78 Å². The summed E-state index contributed by atoms with van der Waals surface area (Å²) < 4.78 is 0. The van der Waals surface area contributed by atoms with Gasteiger partial charge in [-0.25, -0.2) is 0 Å². The molecule has 3 rings (SSSR count). The van der Waals surface area contributed by atoms with Crippen LogP contribution in [-0.4, -0.2) is 11.6 Å². The van der Waals surface area contributed by atoms with Crippen molar-refractivity contribution in [2.75, 3.05) is 0 Å². The third-order valence-corrected chi connectivity index (χ3v) is 5.15. The second-order valence-electron chi connectivity index (χ2n) is 6.73. The smallest absolute Gasteiger partial charge is 0.170 e. The van der Waals surface area contributed by atoms with Gasteiger partial charge in [-0.3, -0.25) is 4.79 Å². The molecule has 0 saturated heterocycles. The lowest BCUT2D eigenvalue weighted by atomic mass is 9.77. The van der Waals surface area contributed by atoms with Crippen LogP contribution in [0.3, 0.4) is 0 Å². The fourth-order valence-electron chi connectivity index (χ4n) is 4.07. The Morgan fingerprint density at radius 3 is 2.86 bits per heavy atom. The Morgan fingerprint density at radius 2 is 2.14 bits per heavy atom. The van der Waals surface area contributed by atoms with Gasteiger partial charge in [-0.1, -0.05) is 23.3 Å². The third kappa shape index (κ3) is 2.67. The van der Waals surface area contributed by atoms with Crippen LogP contribution in [0.15, 0.2) is 46.6 Å². The fourth-order valence-corrected chi connectivity index (χ4v) is 4.07. The number of rotatable bonds is 5. The Balaban J connectivity index is 1.93. The van der Waals surface area contributed by atoms with E-state index < -0.39 is 0 Å². The summed E-state index contributed by atoms with van der Waals surface area (Å²) in [6, 6.07) is 0. The van der Waals surface area contributed by atoms with Crippen LogP contribution in [0.25, 0.3) is 0 Å². The normalized spacial score (nSPS) is 24.1. The summed E-state index contributed by atoms with van der Waals surface area (Å²) >= 11 is 0. The standard InChI is InChI=1S/C20H24O2/c1-3-6-18-15(10-9-13(2)21)12-16-11-14-7-4-5-8-17(14)19(16)20(18)22/h3,12,18H,1,4-11H2,2H3. The molecule has 0 aromatic rings. The minimum Gasteiger partial charge on any atom is -0.300 e. The maximum absolute atomic E-state index is 13.0. The van der Waals surface area contributed by atoms with Crippen LogP contribution < -0.4 is 0 Å². The third-order valence-electron chi connectivity index (χ3n) is 5.15. The number of allylic oxidation sites excluding steroid dienone is 7. The maximum Gasteiger partial charge on any atom is 0.170 e. The van der Waals surface area contributed by atoms with Gasteiger partial charge in [0.25, 0.3) is 0 Å². The van der Waals surface area contributed by atoms with E-state index in [1.54, 1.807) is 6.92 Å². The van der Waals surface area contributed by atoms with E-state index in [0.717, 1.165) is 30.4 Å². The maximum atomic E-state index is 13.0. The molecule has 0 bridgehead atoms. The minimum atomic E-state index is -0.0932. The highest BCUT2D eigenvalue weighted by atomic mass is 16.1. The first-order valence-corrected chi connectivity index (χ1v) is 8.41. The van der Waals surface area contributed by atoms with Crippen molar-refractivity contribution in [3.05, 3.63) is 46.6 Å². The highest BCUT2D eigenvalue weighted by molar-refractivity contribution is 6.06. The number of ketones is 2. The zero-order valence-corrected chi connectivity index (χ0v) is 13.4. The average molecular weight is 296 g/mol. The van der Waals surface area contributed by atoms with Crippen molar-refractivity contribution in [1.82, 2.24) is 0 Å². The van der Waals surface area contributed by atoms with Gasteiger partial charge >= 0.3 is 0 Å². The molecule has 0 aromatic heterocycles. The van der Waals surface area contributed by atoms with E-state index in [0.29, 0.717) is 19.3 Å².